The fourth-order valence-electron chi connectivity index (χ4n) is 4.05. The van der Waals surface area contributed by atoms with E-state index in [-0.39, 0.29) is 6.10 Å². The van der Waals surface area contributed by atoms with Crippen LogP contribution in [0.4, 0.5) is 0 Å². The zero-order chi connectivity index (χ0) is 16.6. The molecule has 0 fully saturated rings. The highest BCUT2D eigenvalue weighted by Crippen LogP contribution is 2.39. The Kier molecular flexibility index (Phi) is 3.62. The summed E-state index contributed by atoms with van der Waals surface area (Å²) in [7, 11) is 0. The first kappa shape index (κ1) is 14.8. The van der Waals surface area contributed by atoms with Crippen LogP contribution in [-0.2, 0) is 11.2 Å². The van der Waals surface area contributed by atoms with E-state index in [4.69, 9.17) is 9.73 Å². The van der Waals surface area contributed by atoms with Gasteiger partial charge in [0.2, 0.25) is 0 Å². The first-order chi connectivity index (χ1) is 12.4. The third-order valence-electron chi connectivity index (χ3n) is 5.38. The number of H-pyrrole nitrogens is 2. The maximum Gasteiger partial charge on any atom is 0.148 e. The van der Waals surface area contributed by atoms with Gasteiger partial charge >= 0.3 is 0 Å². The van der Waals surface area contributed by atoms with Crippen molar-refractivity contribution in [2.75, 3.05) is 0 Å². The Morgan fingerprint density at radius 3 is 2.92 bits per heavy atom. The number of aryl methyl sites for hydroxylation is 1. The van der Waals surface area contributed by atoms with Crippen molar-refractivity contribution in [1.29, 1.82) is 0 Å². The number of aliphatic imine (C=N–C) groups is 1. The second-order valence-corrected chi connectivity index (χ2v) is 7.20. The molecule has 0 saturated carbocycles. The van der Waals surface area contributed by atoms with Crippen molar-refractivity contribution in [3.8, 4) is 0 Å². The van der Waals surface area contributed by atoms with Crippen LogP contribution < -0.4 is 0 Å². The molecule has 0 amide bonds. The van der Waals surface area contributed by atoms with Gasteiger partial charge in [0.25, 0.3) is 0 Å². The Hall–Kier alpha value is -2.49. The summed E-state index contributed by atoms with van der Waals surface area (Å²) in [5, 5.41) is 0. The van der Waals surface area contributed by atoms with E-state index in [1.165, 1.54) is 49.1 Å². The second-order valence-electron chi connectivity index (χ2n) is 7.20. The van der Waals surface area contributed by atoms with Crippen molar-refractivity contribution < 1.29 is 4.74 Å². The van der Waals surface area contributed by atoms with Crippen LogP contribution in [0, 0.1) is 0 Å². The molecule has 0 aromatic carbocycles. The number of nitrogens with one attached hydrogen (secondary N) is 2. The molecule has 2 aromatic rings. The topological polar surface area (TPSA) is 53.2 Å². The SMILES string of the molecule is C1=C2N=C(c3ccc[nH]3)C=C2OC2CCCCCCCc3cc2c1[nH]3. The van der Waals surface area contributed by atoms with Gasteiger partial charge in [0.1, 0.15) is 17.6 Å². The number of aromatic amines is 2. The Labute approximate surface area is 147 Å². The van der Waals surface area contributed by atoms with Gasteiger partial charge in [-0.1, -0.05) is 19.3 Å². The Balaban J connectivity index is 1.55. The molecule has 4 heterocycles. The summed E-state index contributed by atoms with van der Waals surface area (Å²) < 4.78 is 6.46. The standard InChI is InChI=1S/C21H23N3O/c1-2-4-7-14-11-15-17(23-14)12-19-21(25-20(15)9-5-3-1)13-18(24-19)16-8-6-10-22-16/h6,8,10-13,20,22-23H,1-5,7,9H2. The molecule has 4 heteroatoms. The van der Waals surface area contributed by atoms with Crippen molar-refractivity contribution >= 4 is 11.8 Å². The highest BCUT2D eigenvalue weighted by Gasteiger charge is 2.28. The summed E-state index contributed by atoms with van der Waals surface area (Å²) >= 11 is 0. The summed E-state index contributed by atoms with van der Waals surface area (Å²) in [5.41, 5.74) is 6.71. The zero-order valence-electron chi connectivity index (χ0n) is 14.3. The molecule has 4 nitrogen and oxygen atoms in total. The van der Waals surface area contributed by atoms with Crippen molar-refractivity contribution in [3.05, 3.63) is 64.6 Å². The van der Waals surface area contributed by atoms with E-state index in [0.717, 1.165) is 35.7 Å². The fourth-order valence-corrected chi connectivity index (χ4v) is 4.05. The molecule has 2 bridgehead atoms. The summed E-state index contributed by atoms with van der Waals surface area (Å²) in [6.07, 6.45) is 14.9. The largest absolute Gasteiger partial charge is 0.483 e. The predicted molar refractivity (Wildman–Crippen MR) is 99.4 cm³/mol. The van der Waals surface area contributed by atoms with E-state index in [1.54, 1.807) is 0 Å². The van der Waals surface area contributed by atoms with Gasteiger partial charge in [0.15, 0.2) is 0 Å². The average molecular weight is 333 g/mol. The zero-order valence-corrected chi connectivity index (χ0v) is 14.3. The van der Waals surface area contributed by atoms with Gasteiger partial charge in [-0.25, -0.2) is 4.99 Å². The highest BCUT2D eigenvalue weighted by molar-refractivity contribution is 6.11. The predicted octanol–water partition coefficient (Wildman–Crippen LogP) is 5.04. The Bertz CT molecular complexity index is 867. The molecule has 2 N–H and O–H groups in total. The fraction of sp³-hybridized carbons (Fsp3) is 0.381. The molecular formula is C21H23N3O. The number of aromatic nitrogens is 2. The molecule has 1 unspecified atom stereocenters. The van der Waals surface area contributed by atoms with E-state index in [1.807, 2.05) is 18.3 Å². The van der Waals surface area contributed by atoms with E-state index < -0.39 is 0 Å². The van der Waals surface area contributed by atoms with Gasteiger partial charge in [-0.2, -0.15) is 0 Å². The van der Waals surface area contributed by atoms with Crippen LogP contribution in [0.1, 0.15) is 67.3 Å². The number of hydrogen-bond acceptors (Lipinski definition) is 2. The quantitative estimate of drug-likeness (QED) is 0.755. The van der Waals surface area contributed by atoms with E-state index >= 15 is 0 Å². The Morgan fingerprint density at radius 1 is 1.08 bits per heavy atom. The molecule has 2 aliphatic heterocycles. The van der Waals surface area contributed by atoms with Gasteiger partial charge in [-0.15, -0.1) is 0 Å². The summed E-state index contributed by atoms with van der Waals surface area (Å²) in [5.74, 6) is 0.899. The molecule has 1 aliphatic carbocycles. The number of hydrogen-bond donors (Lipinski definition) is 2. The van der Waals surface area contributed by atoms with Crippen LogP contribution in [0.25, 0.3) is 6.08 Å². The Morgan fingerprint density at radius 2 is 2.00 bits per heavy atom. The van der Waals surface area contributed by atoms with Crippen LogP contribution in [0.5, 0.6) is 0 Å². The lowest BCUT2D eigenvalue weighted by Gasteiger charge is -2.18. The van der Waals surface area contributed by atoms with Crippen LogP contribution >= 0.6 is 0 Å². The molecule has 0 spiro atoms. The summed E-state index contributed by atoms with van der Waals surface area (Å²) in [6, 6.07) is 6.36. The number of nitrogens with zero attached hydrogens (tertiary/aromatic N) is 1. The van der Waals surface area contributed by atoms with Gasteiger partial charge in [0.05, 0.1) is 11.4 Å². The van der Waals surface area contributed by atoms with Gasteiger partial charge in [-0.3, -0.25) is 0 Å². The lowest BCUT2D eigenvalue weighted by Crippen LogP contribution is -2.04. The molecule has 128 valence electrons. The van der Waals surface area contributed by atoms with Crippen molar-refractivity contribution in [1.82, 2.24) is 9.97 Å². The number of fused-ring (bicyclic) bond motifs is 2. The number of allylic oxidation sites excluding steroid dienone is 1. The van der Waals surface area contributed by atoms with Crippen LogP contribution in [-0.4, -0.2) is 15.7 Å². The normalized spacial score (nSPS) is 22.7. The van der Waals surface area contributed by atoms with Crippen molar-refractivity contribution in [2.45, 2.75) is 51.0 Å². The smallest absolute Gasteiger partial charge is 0.148 e. The molecule has 0 saturated heterocycles. The van der Waals surface area contributed by atoms with Crippen molar-refractivity contribution in [3.63, 3.8) is 0 Å². The van der Waals surface area contributed by atoms with Crippen LogP contribution in [0.3, 0.4) is 0 Å². The van der Waals surface area contributed by atoms with E-state index in [9.17, 15) is 0 Å². The third kappa shape index (κ3) is 2.76. The van der Waals surface area contributed by atoms with E-state index in [0.29, 0.717) is 0 Å². The minimum Gasteiger partial charge on any atom is -0.483 e. The number of rotatable bonds is 1. The molecule has 25 heavy (non-hydrogen) atoms. The second kappa shape index (κ2) is 6.10. The first-order valence-electron chi connectivity index (χ1n) is 9.41. The minimum atomic E-state index is 0.122. The molecule has 1 atom stereocenters. The minimum absolute atomic E-state index is 0.122. The maximum atomic E-state index is 6.46. The molecular weight excluding hydrogens is 310 g/mol. The summed E-state index contributed by atoms with van der Waals surface area (Å²) in [6.45, 7) is 0. The molecule has 5 rings (SSSR count). The highest BCUT2D eigenvalue weighted by atomic mass is 16.5. The van der Waals surface area contributed by atoms with Gasteiger partial charge in [-0.05, 0) is 50.0 Å². The maximum absolute atomic E-state index is 6.46. The lowest BCUT2D eigenvalue weighted by molar-refractivity contribution is 0.114. The van der Waals surface area contributed by atoms with Crippen molar-refractivity contribution in [2.24, 2.45) is 4.99 Å². The molecule has 2 aromatic heterocycles. The molecule has 0 radical (unpaired) electrons. The monoisotopic (exact) mass is 333 g/mol. The van der Waals surface area contributed by atoms with Crippen LogP contribution in [0.15, 0.2) is 46.9 Å². The first-order valence-corrected chi connectivity index (χ1v) is 9.41. The van der Waals surface area contributed by atoms with E-state index in [2.05, 4.69) is 28.2 Å². The van der Waals surface area contributed by atoms with Gasteiger partial charge in [0, 0.05) is 29.2 Å². The summed E-state index contributed by atoms with van der Waals surface area (Å²) in [4.78, 5) is 11.7. The average Bonchev–Trinajstić information content (AvgIpc) is 3.31. The van der Waals surface area contributed by atoms with Crippen LogP contribution in [0.2, 0.25) is 0 Å². The molecule has 3 aliphatic rings. The number of ether oxygens (including phenoxy) is 1. The van der Waals surface area contributed by atoms with Gasteiger partial charge < -0.3 is 14.7 Å². The third-order valence-corrected chi connectivity index (χ3v) is 5.38. The lowest BCUT2D eigenvalue weighted by atomic mass is 10.0.